The van der Waals surface area contributed by atoms with Crippen LogP contribution in [0.4, 0.5) is 0 Å². The Hall–Kier alpha value is -2.12. The summed E-state index contributed by atoms with van der Waals surface area (Å²) in [7, 11) is 0. The molecule has 0 bridgehead atoms. The summed E-state index contributed by atoms with van der Waals surface area (Å²) in [6.45, 7) is 5.51. The van der Waals surface area contributed by atoms with E-state index in [0.717, 1.165) is 44.6 Å². The van der Waals surface area contributed by atoms with Gasteiger partial charge in [0.15, 0.2) is 0 Å². The van der Waals surface area contributed by atoms with Crippen LogP contribution >= 0.6 is 0 Å². The molecule has 2 N–H and O–H groups in total. The summed E-state index contributed by atoms with van der Waals surface area (Å²) in [5.41, 5.74) is 0.491. The number of rotatable bonds is 10. The third kappa shape index (κ3) is 6.18. The van der Waals surface area contributed by atoms with E-state index in [0.29, 0.717) is 31.9 Å². The van der Waals surface area contributed by atoms with Crippen molar-refractivity contribution in [2.24, 2.45) is 5.92 Å². The second kappa shape index (κ2) is 12.2. The number of piperidine rings is 1. The molecule has 1 aromatic carbocycles. The molecule has 2 amide bonds. The summed E-state index contributed by atoms with van der Waals surface area (Å²) in [5, 5.41) is 12.1. The largest absolute Gasteiger partial charge is 0.491 e. The molecular weight excluding hydrogens is 442 g/mol. The van der Waals surface area contributed by atoms with Gasteiger partial charge in [-0.3, -0.25) is 14.5 Å². The number of likely N-dealkylation sites (tertiary alicyclic amines) is 1. The Labute approximate surface area is 210 Å². The molecule has 35 heavy (non-hydrogen) atoms. The van der Waals surface area contributed by atoms with Gasteiger partial charge < -0.3 is 20.1 Å². The number of carbonyl (C=O) groups is 2. The van der Waals surface area contributed by atoms with E-state index < -0.39 is 5.54 Å². The van der Waals surface area contributed by atoms with Crippen LogP contribution in [0.25, 0.3) is 0 Å². The SMILES string of the molecule is CCCCN1C(=O)C(CC2CCCCC2)NC(=O)C12CCN(Cc1ccc(OCCO)cc1)CC2. The quantitative estimate of drug-likeness (QED) is 0.530. The molecule has 1 saturated carbocycles. The number of benzene rings is 1. The van der Waals surface area contributed by atoms with Crippen LogP contribution in [0.5, 0.6) is 5.75 Å². The molecule has 1 unspecified atom stereocenters. The number of hydrogen-bond acceptors (Lipinski definition) is 5. The van der Waals surface area contributed by atoms with Gasteiger partial charge in [-0.05, 0) is 49.3 Å². The van der Waals surface area contributed by atoms with Crippen molar-refractivity contribution in [1.29, 1.82) is 0 Å². The third-order valence-corrected chi connectivity index (χ3v) is 8.21. The van der Waals surface area contributed by atoms with E-state index in [4.69, 9.17) is 9.84 Å². The van der Waals surface area contributed by atoms with Crippen LogP contribution in [-0.2, 0) is 16.1 Å². The van der Waals surface area contributed by atoms with Crippen molar-refractivity contribution in [1.82, 2.24) is 15.1 Å². The topological polar surface area (TPSA) is 82.1 Å². The van der Waals surface area contributed by atoms with E-state index in [1.807, 2.05) is 17.0 Å². The van der Waals surface area contributed by atoms with Crippen molar-refractivity contribution in [2.75, 3.05) is 32.8 Å². The summed E-state index contributed by atoms with van der Waals surface area (Å²) in [5.74, 6) is 1.53. The lowest BCUT2D eigenvalue weighted by molar-refractivity contribution is -0.162. The van der Waals surface area contributed by atoms with Gasteiger partial charge in [0.05, 0.1) is 6.61 Å². The van der Waals surface area contributed by atoms with E-state index in [1.54, 1.807) is 0 Å². The monoisotopic (exact) mass is 485 g/mol. The van der Waals surface area contributed by atoms with Crippen molar-refractivity contribution >= 4 is 11.8 Å². The maximum absolute atomic E-state index is 13.7. The van der Waals surface area contributed by atoms with E-state index >= 15 is 0 Å². The first-order chi connectivity index (χ1) is 17.1. The van der Waals surface area contributed by atoms with Crippen LogP contribution in [0.1, 0.15) is 76.7 Å². The Kier molecular flexibility index (Phi) is 9.06. The van der Waals surface area contributed by atoms with Gasteiger partial charge in [0.1, 0.15) is 23.9 Å². The van der Waals surface area contributed by atoms with Gasteiger partial charge in [0.2, 0.25) is 11.8 Å². The number of aliphatic hydroxyl groups is 1. The first-order valence-electron chi connectivity index (χ1n) is 13.7. The van der Waals surface area contributed by atoms with E-state index in [9.17, 15) is 9.59 Å². The zero-order chi connectivity index (χ0) is 24.7. The molecule has 2 aliphatic heterocycles. The minimum atomic E-state index is -0.701. The minimum Gasteiger partial charge on any atom is -0.491 e. The second-order valence-electron chi connectivity index (χ2n) is 10.6. The summed E-state index contributed by atoms with van der Waals surface area (Å²) < 4.78 is 5.45. The Morgan fingerprint density at radius 2 is 1.80 bits per heavy atom. The Balaban J connectivity index is 1.39. The predicted molar refractivity (Wildman–Crippen MR) is 136 cm³/mol. The van der Waals surface area contributed by atoms with Crippen LogP contribution in [0.2, 0.25) is 0 Å². The molecule has 2 saturated heterocycles. The maximum Gasteiger partial charge on any atom is 0.246 e. The zero-order valence-corrected chi connectivity index (χ0v) is 21.3. The zero-order valence-electron chi connectivity index (χ0n) is 21.3. The molecule has 194 valence electrons. The number of piperazine rings is 1. The summed E-state index contributed by atoms with van der Waals surface area (Å²) in [4.78, 5) is 31.6. The van der Waals surface area contributed by atoms with Crippen molar-refractivity contribution in [3.05, 3.63) is 29.8 Å². The smallest absolute Gasteiger partial charge is 0.246 e. The number of nitrogens with zero attached hydrogens (tertiary/aromatic N) is 2. The van der Waals surface area contributed by atoms with Crippen molar-refractivity contribution in [2.45, 2.75) is 89.3 Å². The highest BCUT2D eigenvalue weighted by Crippen LogP contribution is 2.36. The molecule has 3 fully saturated rings. The van der Waals surface area contributed by atoms with Gasteiger partial charge >= 0.3 is 0 Å². The lowest BCUT2D eigenvalue weighted by atomic mass is 9.79. The van der Waals surface area contributed by atoms with Gasteiger partial charge in [-0.2, -0.15) is 0 Å². The highest BCUT2D eigenvalue weighted by atomic mass is 16.5. The molecule has 1 atom stereocenters. The van der Waals surface area contributed by atoms with Gasteiger partial charge in [-0.15, -0.1) is 0 Å². The van der Waals surface area contributed by atoms with Crippen LogP contribution in [0, 0.1) is 5.92 Å². The number of amides is 2. The van der Waals surface area contributed by atoms with Gasteiger partial charge in [0, 0.05) is 26.2 Å². The summed E-state index contributed by atoms with van der Waals surface area (Å²) in [6, 6.07) is 7.62. The number of ether oxygens (including phenoxy) is 1. The lowest BCUT2D eigenvalue weighted by Gasteiger charge is -2.52. The van der Waals surface area contributed by atoms with Crippen LogP contribution in [0.3, 0.4) is 0 Å². The number of hydrogen-bond donors (Lipinski definition) is 2. The first-order valence-corrected chi connectivity index (χ1v) is 13.7. The van der Waals surface area contributed by atoms with Crippen molar-refractivity contribution in [3.8, 4) is 5.75 Å². The molecule has 1 aliphatic carbocycles. The van der Waals surface area contributed by atoms with E-state index in [2.05, 4.69) is 29.3 Å². The van der Waals surface area contributed by atoms with Crippen LogP contribution in [0.15, 0.2) is 24.3 Å². The maximum atomic E-state index is 13.7. The molecule has 4 rings (SSSR count). The van der Waals surface area contributed by atoms with E-state index in [1.165, 1.54) is 37.7 Å². The fraction of sp³-hybridized carbons (Fsp3) is 0.714. The number of unbranched alkanes of at least 4 members (excludes halogenated alkanes) is 1. The normalized spacial score (nSPS) is 23.5. The van der Waals surface area contributed by atoms with Crippen molar-refractivity contribution in [3.63, 3.8) is 0 Å². The summed E-state index contributed by atoms with van der Waals surface area (Å²) in [6.07, 6.45) is 10.3. The Morgan fingerprint density at radius 1 is 1.09 bits per heavy atom. The summed E-state index contributed by atoms with van der Waals surface area (Å²) >= 11 is 0. The first kappa shape index (κ1) is 26.0. The van der Waals surface area contributed by atoms with Crippen molar-refractivity contribution < 1.29 is 19.4 Å². The third-order valence-electron chi connectivity index (χ3n) is 8.21. The molecule has 7 heteroatoms. The minimum absolute atomic E-state index is 0.00393. The highest BCUT2D eigenvalue weighted by Gasteiger charge is 2.53. The molecule has 0 radical (unpaired) electrons. The molecule has 1 spiro atoms. The van der Waals surface area contributed by atoms with Gasteiger partial charge in [0.25, 0.3) is 0 Å². The highest BCUT2D eigenvalue weighted by molar-refractivity contribution is 6.00. The average Bonchev–Trinajstić information content (AvgIpc) is 2.89. The van der Waals surface area contributed by atoms with E-state index in [-0.39, 0.29) is 24.5 Å². The molecule has 3 aliphatic rings. The molecule has 1 aromatic rings. The van der Waals surface area contributed by atoms with Crippen LogP contribution in [-0.4, -0.2) is 71.1 Å². The molecule has 2 heterocycles. The molecule has 0 aromatic heterocycles. The second-order valence-corrected chi connectivity index (χ2v) is 10.6. The lowest BCUT2D eigenvalue weighted by Crippen LogP contribution is -2.73. The standard InChI is InChI=1S/C28H43N3O4/c1-2-3-15-31-26(33)25(20-22-7-5-4-6-8-22)29-27(34)28(31)13-16-30(17-14-28)21-23-9-11-24(12-10-23)35-19-18-32/h9-12,22,25,32H,2-8,13-21H2,1H3,(H,29,34). The Bertz CT molecular complexity index is 829. The fourth-order valence-electron chi connectivity index (χ4n) is 6.12. The number of aliphatic hydroxyl groups excluding tert-OH is 1. The average molecular weight is 486 g/mol. The molecule has 7 nitrogen and oxygen atoms in total. The number of nitrogens with one attached hydrogen (secondary N) is 1. The predicted octanol–water partition coefficient (Wildman–Crippen LogP) is 3.49. The number of carbonyl (C=O) groups excluding carboxylic acids is 2. The van der Waals surface area contributed by atoms with Crippen LogP contribution < -0.4 is 10.1 Å². The van der Waals surface area contributed by atoms with Gasteiger partial charge in [-0.25, -0.2) is 0 Å². The Morgan fingerprint density at radius 3 is 2.46 bits per heavy atom. The van der Waals surface area contributed by atoms with Gasteiger partial charge in [-0.1, -0.05) is 57.6 Å². The molecular formula is C28H43N3O4. The fourth-order valence-corrected chi connectivity index (χ4v) is 6.12.